The van der Waals surface area contributed by atoms with Crippen molar-refractivity contribution in [3.63, 3.8) is 0 Å². The van der Waals surface area contributed by atoms with Crippen LogP contribution in [-0.2, 0) is 4.79 Å². The summed E-state index contributed by atoms with van der Waals surface area (Å²) in [6.45, 7) is 0.939. The number of carbonyl (C=O) groups is 2. The van der Waals surface area contributed by atoms with E-state index in [-0.39, 0.29) is 23.7 Å². The van der Waals surface area contributed by atoms with Crippen LogP contribution in [0.1, 0.15) is 12.8 Å². The summed E-state index contributed by atoms with van der Waals surface area (Å²) in [6.07, 6.45) is 1.49. The summed E-state index contributed by atoms with van der Waals surface area (Å²) in [5, 5.41) is 7.85. The molecule has 1 saturated heterocycles. The summed E-state index contributed by atoms with van der Waals surface area (Å²) in [4.78, 5) is 27.0. The second-order valence-electron chi connectivity index (χ2n) is 7.24. The molecule has 1 heterocycles. The van der Waals surface area contributed by atoms with Crippen molar-refractivity contribution in [1.29, 1.82) is 0 Å². The van der Waals surface area contributed by atoms with Crippen LogP contribution in [0.2, 0.25) is 0 Å². The Labute approximate surface area is 168 Å². The molecule has 29 heavy (non-hydrogen) atoms. The van der Waals surface area contributed by atoms with Crippen molar-refractivity contribution in [2.75, 3.05) is 23.7 Å². The third kappa shape index (κ3) is 4.37. The van der Waals surface area contributed by atoms with Crippen molar-refractivity contribution in [3.05, 3.63) is 72.5 Å². The lowest BCUT2D eigenvalue weighted by atomic mass is 9.97. The monoisotopic (exact) mass is 391 g/mol. The second kappa shape index (κ2) is 8.31. The van der Waals surface area contributed by atoms with E-state index in [4.69, 9.17) is 0 Å². The highest BCUT2D eigenvalue weighted by molar-refractivity contribution is 6.03. The molecule has 0 saturated carbocycles. The van der Waals surface area contributed by atoms with Gasteiger partial charge in [0.1, 0.15) is 5.82 Å². The average molecular weight is 391 g/mol. The Morgan fingerprint density at radius 2 is 1.69 bits per heavy atom. The van der Waals surface area contributed by atoms with Crippen LogP contribution in [-0.4, -0.2) is 29.9 Å². The van der Waals surface area contributed by atoms with E-state index in [0.29, 0.717) is 18.8 Å². The molecule has 0 bridgehead atoms. The lowest BCUT2D eigenvalue weighted by Crippen LogP contribution is -2.45. The minimum absolute atomic E-state index is 0.0827. The van der Waals surface area contributed by atoms with Gasteiger partial charge in [0.15, 0.2) is 0 Å². The number of halogens is 1. The molecular formula is C23H22FN3O2. The first-order chi connectivity index (χ1) is 14.1. The highest BCUT2D eigenvalue weighted by Crippen LogP contribution is 2.25. The average Bonchev–Trinajstić information content (AvgIpc) is 2.75. The number of piperidine rings is 1. The summed E-state index contributed by atoms with van der Waals surface area (Å²) < 4.78 is 13.0. The number of rotatable bonds is 3. The maximum absolute atomic E-state index is 13.0. The molecule has 0 spiro atoms. The van der Waals surface area contributed by atoms with Gasteiger partial charge in [-0.3, -0.25) is 4.79 Å². The van der Waals surface area contributed by atoms with Gasteiger partial charge >= 0.3 is 6.03 Å². The largest absolute Gasteiger partial charge is 0.325 e. The summed E-state index contributed by atoms with van der Waals surface area (Å²) in [5.74, 6) is -0.714. The van der Waals surface area contributed by atoms with Gasteiger partial charge in [0.2, 0.25) is 5.91 Å². The number of hydrogen-bond donors (Lipinski definition) is 2. The number of likely N-dealkylation sites (tertiary alicyclic amines) is 1. The van der Waals surface area contributed by atoms with Crippen LogP contribution in [0.15, 0.2) is 66.7 Å². The summed E-state index contributed by atoms with van der Waals surface area (Å²) >= 11 is 0. The molecule has 3 aromatic rings. The fourth-order valence-electron chi connectivity index (χ4n) is 3.68. The smallest absolute Gasteiger partial charge is 0.321 e. The Morgan fingerprint density at radius 3 is 2.52 bits per heavy atom. The molecule has 6 heteroatoms. The number of nitrogens with one attached hydrogen (secondary N) is 2. The van der Waals surface area contributed by atoms with Crippen LogP contribution in [0.25, 0.3) is 10.8 Å². The highest BCUT2D eigenvalue weighted by atomic mass is 19.1. The Bertz CT molecular complexity index is 1030. The number of fused-ring (bicyclic) bond motifs is 1. The van der Waals surface area contributed by atoms with Crippen LogP contribution in [0, 0.1) is 11.7 Å². The fraction of sp³-hybridized carbons (Fsp3) is 0.217. The normalized spacial score (nSPS) is 16.4. The molecule has 1 fully saturated rings. The van der Waals surface area contributed by atoms with Crippen LogP contribution in [0.5, 0.6) is 0 Å². The molecule has 0 radical (unpaired) electrons. The highest BCUT2D eigenvalue weighted by Gasteiger charge is 2.28. The van der Waals surface area contributed by atoms with Gasteiger partial charge < -0.3 is 15.5 Å². The zero-order chi connectivity index (χ0) is 20.2. The number of amides is 3. The second-order valence-corrected chi connectivity index (χ2v) is 7.24. The van der Waals surface area contributed by atoms with Gasteiger partial charge in [-0.1, -0.05) is 36.4 Å². The number of carbonyl (C=O) groups excluding carboxylic acids is 2. The quantitative estimate of drug-likeness (QED) is 0.670. The zero-order valence-corrected chi connectivity index (χ0v) is 15.9. The van der Waals surface area contributed by atoms with E-state index in [2.05, 4.69) is 10.6 Å². The van der Waals surface area contributed by atoms with Crippen molar-refractivity contribution in [2.24, 2.45) is 5.92 Å². The van der Waals surface area contributed by atoms with Crippen LogP contribution in [0.4, 0.5) is 20.6 Å². The molecule has 1 unspecified atom stereocenters. The predicted molar refractivity (Wildman–Crippen MR) is 112 cm³/mol. The molecule has 3 amide bonds. The van der Waals surface area contributed by atoms with E-state index in [1.807, 2.05) is 42.5 Å². The van der Waals surface area contributed by atoms with Crippen molar-refractivity contribution >= 4 is 34.1 Å². The first-order valence-electron chi connectivity index (χ1n) is 9.70. The molecule has 5 nitrogen and oxygen atoms in total. The van der Waals surface area contributed by atoms with Gasteiger partial charge in [-0.25, -0.2) is 9.18 Å². The maximum atomic E-state index is 13.0. The SMILES string of the molecule is O=C(Nc1cccc2ccccc12)C1CCCN(C(=O)Nc2ccc(F)cc2)C1. The molecular weight excluding hydrogens is 369 g/mol. The molecule has 0 aliphatic carbocycles. The first kappa shape index (κ1) is 18.9. The molecule has 3 aromatic carbocycles. The predicted octanol–water partition coefficient (Wildman–Crippen LogP) is 4.86. The standard InChI is InChI=1S/C23H22FN3O2/c24-18-10-12-19(13-11-18)25-23(29)27-14-4-7-17(15-27)22(28)26-21-9-3-6-16-5-1-2-8-20(16)21/h1-3,5-6,8-13,17H,4,7,14-15H2,(H,25,29)(H,26,28). The van der Waals surface area contributed by atoms with Crippen molar-refractivity contribution in [1.82, 2.24) is 4.90 Å². The van der Waals surface area contributed by atoms with E-state index >= 15 is 0 Å². The van der Waals surface area contributed by atoms with E-state index in [1.165, 1.54) is 24.3 Å². The molecule has 2 N–H and O–H groups in total. The topological polar surface area (TPSA) is 61.4 Å². The molecule has 1 atom stereocenters. The third-order valence-corrected chi connectivity index (χ3v) is 5.22. The fourth-order valence-corrected chi connectivity index (χ4v) is 3.68. The number of anilines is 2. The zero-order valence-electron chi connectivity index (χ0n) is 15.9. The Hall–Kier alpha value is -3.41. The molecule has 1 aliphatic rings. The number of benzene rings is 3. The van der Waals surface area contributed by atoms with Crippen molar-refractivity contribution in [3.8, 4) is 0 Å². The summed E-state index contributed by atoms with van der Waals surface area (Å²) in [5.41, 5.74) is 1.31. The van der Waals surface area contributed by atoms with E-state index in [1.54, 1.807) is 4.90 Å². The number of urea groups is 1. The van der Waals surface area contributed by atoms with Gasteiger partial charge in [0, 0.05) is 29.9 Å². The Balaban J connectivity index is 1.41. The molecule has 1 aliphatic heterocycles. The minimum Gasteiger partial charge on any atom is -0.325 e. The van der Waals surface area contributed by atoms with Crippen LogP contribution in [0.3, 0.4) is 0 Å². The van der Waals surface area contributed by atoms with Crippen molar-refractivity contribution in [2.45, 2.75) is 12.8 Å². The molecule has 4 rings (SSSR count). The van der Waals surface area contributed by atoms with E-state index in [0.717, 1.165) is 29.3 Å². The van der Waals surface area contributed by atoms with Gasteiger partial charge in [-0.15, -0.1) is 0 Å². The summed E-state index contributed by atoms with van der Waals surface area (Å²) in [7, 11) is 0. The van der Waals surface area contributed by atoms with Crippen molar-refractivity contribution < 1.29 is 14.0 Å². The van der Waals surface area contributed by atoms with Gasteiger partial charge in [-0.2, -0.15) is 0 Å². The number of nitrogens with zero attached hydrogens (tertiary/aromatic N) is 1. The Kier molecular flexibility index (Phi) is 5.42. The maximum Gasteiger partial charge on any atom is 0.321 e. The minimum atomic E-state index is -0.355. The Morgan fingerprint density at radius 1 is 0.931 bits per heavy atom. The third-order valence-electron chi connectivity index (χ3n) is 5.22. The number of hydrogen-bond acceptors (Lipinski definition) is 2. The summed E-state index contributed by atoms with van der Waals surface area (Å²) in [6, 6.07) is 19.1. The van der Waals surface area contributed by atoms with Crippen LogP contribution >= 0.6 is 0 Å². The lowest BCUT2D eigenvalue weighted by molar-refractivity contribution is -0.121. The van der Waals surface area contributed by atoms with E-state index < -0.39 is 0 Å². The first-order valence-corrected chi connectivity index (χ1v) is 9.70. The van der Waals surface area contributed by atoms with Crippen LogP contribution < -0.4 is 10.6 Å². The molecule has 0 aromatic heterocycles. The van der Waals surface area contributed by atoms with E-state index in [9.17, 15) is 14.0 Å². The van der Waals surface area contributed by atoms with Gasteiger partial charge in [0.25, 0.3) is 0 Å². The molecule has 148 valence electrons. The van der Waals surface area contributed by atoms with Gasteiger partial charge in [-0.05, 0) is 48.6 Å². The lowest BCUT2D eigenvalue weighted by Gasteiger charge is -2.32. The van der Waals surface area contributed by atoms with Gasteiger partial charge in [0.05, 0.1) is 5.92 Å².